The molecule has 32 heavy (non-hydrogen) atoms. The van der Waals surface area contributed by atoms with E-state index in [1.54, 1.807) is 32.2 Å². The third kappa shape index (κ3) is 5.56. The first kappa shape index (κ1) is 24.4. The molecule has 2 aromatic heterocycles. The Bertz CT molecular complexity index is 1180. The molecule has 0 aliphatic carbocycles. The SMILES string of the molecule is CCC(CCOC)Cn1c(CC(C)(C)C)nc2cc(S(=O)(=O)c3ccnc(C)c3)ccc21. The van der Waals surface area contributed by atoms with Gasteiger partial charge in [0, 0.05) is 38.6 Å². The zero-order valence-electron chi connectivity index (χ0n) is 20.1. The number of hydrogen-bond acceptors (Lipinski definition) is 5. The Hall–Kier alpha value is -2.25. The summed E-state index contributed by atoms with van der Waals surface area (Å²) in [4.78, 5) is 9.53. The zero-order valence-corrected chi connectivity index (χ0v) is 20.9. The number of ether oxygens (including phenoxy) is 1. The van der Waals surface area contributed by atoms with Gasteiger partial charge in [-0.1, -0.05) is 34.1 Å². The van der Waals surface area contributed by atoms with Gasteiger partial charge in [0.25, 0.3) is 0 Å². The summed E-state index contributed by atoms with van der Waals surface area (Å²) in [6.07, 6.45) is 4.37. The van der Waals surface area contributed by atoms with Gasteiger partial charge in [-0.2, -0.15) is 0 Å². The first-order valence-corrected chi connectivity index (χ1v) is 12.7. The predicted molar refractivity (Wildman–Crippen MR) is 128 cm³/mol. The summed E-state index contributed by atoms with van der Waals surface area (Å²) < 4.78 is 34.0. The van der Waals surface area contributed by atoms with E-state index in [0.29, 0.717) is 11.6 Å². The molecule has 0 aliphatic heterocycles. The van der Waals surface area contributed by atoms with Crippen LogP contribution in [0.15, 0.2) is 46.3 Å². The van der Waals surface area contributed by atoms with Crippen molar-refractivity contribution in [3.8, 4) is 0 Å². The molecule has 0 saturated heterocycles. The molecule has 1 unspecified atom stereocenters. The van der Waals surface area contributed by atoms with Gasteiger partial charge in [-0.3, -0.25) is 4.98 Å². The van der Waals surface area contributed by atoms with Crippen LogP contribution >= 0.6 is 0 Å². The average Bonchev–Trinajstić information content (AvgIpc) is 3.05. The molecular weight excluding hydrogens is 422 g/mol. The molecule has 6 nitrogen and oxygen atoms in total. The summed E-state index contributed by atoms with van der Waals surface area (Å²) in [5, 5.41) is 0. The number of aromatic nitrogens is 3. The largest absolute Gasteiger partial charge is 0.385 e. The van der Waals surface area contributed by atoms with Gasteiger partial charge in [-0.05, 0) is 55.0 Å². The molecule has 174 valence electrons. The normalized spacial score (nSPS) is 13.6. The van der Waals surface area contributed by atoms with Crippen molar-refractivity contribution in [2.24, 2.45) is 11.3 Å². The van der Waals surface area contributed by atoms with Gasteiger partial charge in [0.05, 0.1) is 20.8 Å². The van der Waals surface area contributed by atoms with Crippen LogP contribution < -0.4 is 0 Å². The number of fused-ring (bicyclic) bond motifs is 1. The van der Waals surface area contributed by atoms with Crippen LogP contribution in [0.3, 0.4) is 0 Å². The minimum Gasteiger partial charge on any atom is -0.385 e. The number of aryl methyl sites for hydroxylation is 1. The summed E-state index contributed by atoms with van der Waals surface area (Å²) in [6, 6.07) is 8.45. The van der Waals surface area contributed by atoms with Crippen molar-refractivity contribution in [1.82, 2.24) is 14.5 Å². The highest BCUT2D eigenvalue weighted by molar-refractivity contribution is 7.91. The Labute approximate surface area is 192 Å². The third-order valence-electron chi connectivity index (χ3n) is 5.72. The van der Waals surface area contributed by atoms with Gasteiger partial charge in [-0.15, -0.1) is 0 Å². The number of nitrogens with zero attached hydrogens (tertiary/aromatic N) is 3. The summed E-state index contributed by atoms with van der Waals surface area (Å²) in [5.74, 6) is 1.46. The molecule has 0 amide bonds. The minimum absolute atomic E-state index is 0.0663. The Balaban J connectivity index is 2.07. The third-order valence-corrected chi connectivity index (χ3v) is 7.47. The molecule has 0 fully saturated rings. The maximum Gasteiger partial charge on any atom is 0.206 e. The standard InChI is InChI=1S/C25H35N3O3S/c1-7-19(11-13-31-6)17-28-23-9-8-20(15-22(23)27-24(28)16-25(3,4)5)32(29,30)21-10-12-26-18(2)14-21/h8-10,12,14-15,19H,7,11,13,16-17H2,1-6H3. The Morgan fingerprint density at radius 2 is 1.84 bits per heavy atom. The second-order valence-corrected chi connectivity index (χ2v) is 11.7. The molecule has 0 N–H and O–H groups in total. The lowest BCUT2D eigenvalue weighted by molar-refractivity contribution is 0.171. The van der Waals surface area contributed by atoms with Crippen LogP contribution in [0.2, 0.25) is 0 Å². The minimum atomic E-state index is -3.64. The summed E-state index contributed by atoms with van der Waals surface area (Å²) in [7, 11) is -1.90. The first-order valence-electron chi connectivity index (χ1n) is 11.2. The molecular formula is C25H35N3O3S. The van der Waals surface area contributed by atoms with Crippen molar-refractivity contribution >= 4 is 20.9 Å². The molecule has 0 saturated carbocycles. The molecule has 1 aromatic carbocycles. The van der Waals surface area contributed by atoms with E-state index in [0.717, 1.165) is 49.3 Å². The van der Waals surface area contributed by atoms with E-state index >= 15 is 0 Å². The Kier molecular flexibility index (Phi) is 7.40. The van der Waals surface area contributed by atoms with E-state index in [9.17, 15) is 8.42 Å². The van der Waals surface area contributed by atoms with E-state index in [2.05, 4.69) is 37.2 Å². The summed E-state index contributed by atoms with van der Waals surface area (Å²) in [5.41, 5.74) is 2.44. The molecule has 0 bridgehead atoms. The van der Waals surface area contributed by atoms with Gasteiger partial charge >= 0.3 is 0 Å². The van der Waals surface area contributed by atoms with Gasteiger partial charge in [0.2, 0.25) is 9.84 Å². The number of sulfone groups is 1. The lowest BCUT2D eigenvalue weighted by Gasteiger charge is -2.21. The average molecular weight is 458 g/mol. The van der Waals surface area contributed by atoms with Crippen molar-refractivity contribution in [2.45, 2.75) is 70.2 Å². The second kappa shape index (κ2) is 9.71. The predicted octanol–water partition coefficient (Wildman–Crippen LogP) is 5.22. The van der Waals surface area contributed by atoms with Crippen molar-refractivity contribution in [3.63, 3.8) is 0 Å². The Morgan fingerprint density at radius 1 is 1.12 bits per heavy atom. The number of rotatable bonds is 9. The topological polar surface area (TPSA) is 74.1 Å². The molecule has 0 spiro atoms. The number of benzene rings is 1. The van der Waals surface area contributed by atoms with Crippen molar-refractivity contribution in [2.75, 3.05) is 13.7 Å². The monoisotopic (exact) mass is 457 g/mol. The smallest absolute Gasteiger partial charge is 0.206 e. The summed E-state index contributed by atoms with van der Waals surface area (Å²) >= 11 is 0. The highest BCUT2D eigenvalue weighted by Gasteiger charge is 2.23. The van der Waals surface area contributed by atoms with E-state index in [1.807, 2.05) is 6.07 Å². The first-order chi connectivity index (χ1) is 15.0. The zero-order chi connectivity index (χ0) is 23.5. The van der Waals surface area contributed by atoms with E-state index in [1.165, 1.54) is 12.3 Å². The molecule has 0 radical (unpaired) electrons. The highest BCUT2D eigenvalue weighted by atomic mass is 32.2. The highest BCUT2D eigenvalue weighted by Crippen LogP contribution is 2.29. The fourth-order valence-electron chi connectivity index (χ4n) is 3.93. The van der Waals surface area contributed by atoms with Crippen molar-refractivity contribution in [3.05, 3.63) is 48.0 Å². The fourth-order valence-corrected chi connectivity index (χ4v) is 5.28. The van der Waals surface area contributed by atoms with Crippen LogP contribution in [0.4, 0.5) is 0 Å². The number of imidazole rings is 1. The van der Waals surface area contributed by atoms with Crippen LogP contribution in [0.25, 0.3) is 11.0 Å². The van der Waals surface area contributed by atoms with Crippen LogP contribution in [0, 0.1) is 18.3 Å². The Morgan fingerprint density at radius 3 is 2.47 bits per heavy atom. The molecule has 3 aromatic rings. The van der Waals surface area contributed by atoms with Gasteiger partial charge in [-0.25, -0.2) is 13.4 Å². The lowest BCUT2D eigenvalue weighted by atomic mass is 9.92. The fraction of sp³-hybridized carbons (Fsp3) is 0.520. The van der Waals surface area contributed by atoms with Gasteiger partial charge in [0.1, 0.15) is 5.82 Å². The number of methoxy groups -OCH3 is 1. The van der Waals surface area contributed by atoms with Gasteiger partial charge in [0.15, 0.2) is 0 Å². The van der Waals surface area contributed by atoms with Crippen LogP contribution in [0.5, 0.6) is 0 Å². The van der Waals surface area contributed by atoms with E-state index < -0.39 is 9.84 Å². The van der Waals surface area contributed by atoms with E-state index in [4.69, 9.17) is 9.72 Å². The van der Waals surface area contributed by atoms with Crippen LogP contribution in [-0.2, 0) is 27.5 Å². The lowest BCUT2D eigenvalue weighted by Crippen LogP contribution is -2.18. The molecule has 7 heteroatoms. The van der Waals surface area contributed by atoms with Crippen LogP contribution in [-0.4, -0.2) is 36.7 Å². The van der Waals surface area contributed by atoms with E-state index in [-0.39, 0.29) is 15.2 Å². The molecule has 1 atom stereocenters. The quantitative estimate of drug-likeness (QED) is 0.440. The van der Waals surface area contributed by atoms with Gasteiger partial charge < -0.3 is 9.30 Å². The van der Waals surface area contributed by atoms with Crippen molar-refractivity contribution < 1.29 is 13.2 Å². The maximum absolute atomic E-state index is 13.2. The summed E-state index contributed by atoms with van der Waals surface area (Å²) in [6.45, 7) is 12.1. The second-order valence-electron chi connectivity index (χ2n) is 9.72. The van der Waals surface area contributed by atoms with Crippen LogP contribution in [0.1, 0.15) is 52.1 Å². The number of pyridine rings is 1. The van der Waals surface area contributed by atoms with Crippen molar-refractivity contribution in [1.29, 1.82) is 0 Å². The number of hydrogen-bond donors (Lipinski definition) is 0. The molecule has 0 aliphatic rings. The molecule has 2 heterocycles. The maximum atomic E-state index is 13.2. The molecule has 3 rings (SSSR count).